The van der Waals surface area contributed by atoms with Gasteiger partial charge in [0.2, 0.25) is 0 Å². The number of H-pyrrole nitrogens is 2. The van der Waals surface area contributed by atoms with Crippen LogP contribution in [0.15, 0.2) is 22.4 Å². The van der Waals surface area contributed by atoms with E-state index in [1.165, 1.54) is 21.6 Å². The van der Waals surface area contributed by atoms with Crippen LogP contribution in [0.3, 0.4) is 0 Å². The first kappa shape index (κ1) is 7.62. The normalized spacial score (nSPS) is 10.3. The van der Waals surface area contributed by atoms with E-state index in [4.69, 9.17) is 0 Å². The van der Waals surface area contributed by atoms with Crippen LogP contribution in [0, 0.1) is 0 Å². The van der Waals surface area contributed by atoms with Crippen LogP contribution >= 0.6 is 21.6 Å². The molecule has 0 aliphatic carbocycles. The van der Waals surface area contributed by atoms with Gasteiger partial charge in [0.1, 0.15) is 10.1 Å². The summed E-state index contributed by atoms with van der Waals surface area (Å²) >= 11 is 0. The van der Waals surface area contributed by atoms with Crippen LogP contribution in [-0.4, -0.2) is 30.8 Å². The summed E-state index contributed by atoms with van der Waals surface area (Å²) in [6, 6.07) is 0. The van der Waals surface area contributed by atoms with Gasteiger partial charge < -0.3 is 0 Å². The van der Waals surface area contributed by atoms with Gasteiger partial charge in [-0.25, -0.2) is 0 Å². The third-order valence-electron chi connectivity index (χ3n) is 0.998. The summed E-state index contributed by atoms with van der Waals surface area (Å²) in [7, 11) is 2.95. The van der Waals surface area contributed by atoms with Gasteiger partial charge in [-0.2, -0.15) is 20.6 Å². The van der Waals surface area contributed by atoms with Crippen molar-refractivity contribution in [2.24, 2.45) is 0 Å². The minimum Gasteiger partial charge on any atom is -0.197 e. The number of rotatable bonds is 3. The summed E-state index contributed by atoms with van der Waals surface area (Å²) in [5, 5.41) is 21.8. The summed E-state index contributed by atoms with van der Waals surface area (Å²) in [6.07, 6.45) is 3.30. The molecule has 6 nitrogen and oxygen atoms in total. The smallest absolute Gasteiger partial charge is 0.149 e. The highest BCUT2D eigenvalue weighted by molar-refractivity contribution is 8.76. The molecule has 0 unspecified atom stereocenters. The Balaban J connectivity index is 1.91. The molecule has 0 radical (unpaired) electrons. The fraction of sp³-hybridized carbons (Fsp3) is 0. The van der Waals surface area contributed by atoms with Gasteiger partial charge >= 0.3 is 0 Å². The van der Waals surface area contributed by atoms with Crippen molar-refractivity contribution < 1.29 is 0 Å². The summed E-state index contributed by atoms with van der Waals surface area (Å²) < 4.78 is 0. The minimum atomic E-state index is 0.822. The topological polar surface area (TPSA) is 83.1 Å². The van der Waals surface area contributed by atoms with Crippen LogP contribution in [0.4, 0.5) is 0 Å². The van der Waals surface area contributed by atoms with Crippen LogP contribution in [0.2, 0.25) is 0 Å². The molecular weight excluding hydrogens is 196 g/mol. The zero-order valence-electron chi connectivity index (χ0n) is 5.76. The predicted octanol–water partition coefficient (Wildman–Crippen LogP) is 0.722. The van der Waals surface area contributed by atoms with Gasteiger partial charge in [-0.3, -0.25) is 0 Å². The molecule has 0 aliphatic rings. The van der Waals surface area contributed by atoms with Crippen LogP contribution in [0.5, 0.6) is 0 Å². The SMILES string of the molecule is c1n[nH]nc1SSc1cn[nH]n1. The lowest BCUT2D eigenvalue weighted by atomic mass is 11.0. The van der Waals surface area contributed by atoms with Gasteiger partial charge in [0.05, 0.1) is 12.4 Å². The molecule has 0 spiro atoms. The first-order valence-corrected chi connectivity index (χ1v) is 5.16. The Bertz CT molecular complexity index is 281. The average molecular weight is 200 g/mol. The lowest BCUT2D eigenvalue weighted by Gasteiger charge is -1.88. The third-order valence-corrected chi connectivity index (χ3v) is 3.09. The van der Waals surface area contributed by atoms with Crippen molar-refractivity contribution in [2.75, 3.05) is 0 Å². The van der Waals surface area contributed by atoms with E-state index < -0.39 is 0 Å². The molecule has 0 saturated heterocycles. The molecule has 2 heterocycles. The average Bonchev–Trinajstić information content (AvgIpc) is 2.74. The summed E-state index contributed by atoms with van der Waals surface area (Å²) in [5.74, 6) is 0. The monoisotopic (exact) mass is 200 g/mol. The number of hydrogen-bond donors (Lipinski definition) is 2. The Kier molecular flexibility index (Phi) is 2.28. The van der Waals surface area contributed by atoms with Crippen molar-refractivity contribution in [2.45, 2.75) is 10.1 Å². The van der Waals surface area contributed by atoms with Gasteiger partial charge in [0.15, 0.2) is 0 Å². The molecule has 2 N–H and O–H groups in total. The maximum Gasteiger partial charge on any atom is 0.149 e. The molecule has 0 atom stereocenters. The Hall–Kier alpha value is -1.02. The molecule has 0 saturated carbocycles. The molecule has 0 aliphatic heterocycles. The van der Waals surface area contributed by atoms with E-state index in [-0.39, 0.29) is 0 Å². The van der Waals surface area contributed by atoms with Gasteiger partial charge in [0.25, 0.3) is 0 Å². The maximum atomic E-state index is 3.86. The second-order valence-corrected chi connectivity index (χ2v) is 3.95. The van der Waals surface area contributed by atoms with Crippen LogP contribution in [0.25, 0.3) is 0 Å². The standard InChI is InChI=1S/C4H4N6S2/c1-3(7-9-5-1)11-12-4-2-6-10-8-4/h1-2H,(H,5,7,9)(H,6,8,10). The molecule has 0 aromatic carbocycles. The van der Waals surface area contributed by atoms with Gasteiger partial charge in [-0.15, -0.1) is 10.2 Å². The van der Waals surface area contributed by atoms with E-state index in [0.717, 1.165) is 10.1 Å². The number of aromatic amines is 2. The first-order valence-electron chi connectivity index (χ1n) is 3.01. The van der Waals surface area contributed by atoms with E-state index in [2.05, 4.69) is 30.8 Å². The highest BCUT2D eigenvalue weighted by atomic mass is 33.1. The van der Waals surface area contributed by atoms with Crippen LogP contribution in [0.1, 0.15) is 0 Å². The zero-order valence-corrected chi connectivity index (χ0v) is 7.39. The molecule has 12 heavy (non-hydrogen) atoms. The van der Waals surface area contributed by atoms with Crippen molar-refractivity contribution in [1.29, 1.82) is 0 Å². The van der Waals surface area contributed by atoms with E-state index in [1.54, 1.807) is 12.4 Å². The second kappa shape index (κ2) is 3.59. The zero-order chi connectivity index (χ0) is 8.23. The fourth-order valence-corrected chi connectivity index (χ4v) is 2.06. The summed E-state index contributed by atoms with van der Waals surface area (Å²) in [5.41, 5.74) is 0. The molecule has 8 heteroatoms. The lowest BCUT2D eigenvalue weighted by Crippen LogP contribution is -1.70. The first-order chi connectivity index (χ1) is 5.95. The highest BCUT2D eigenvalue weighted by Crippen LogP contribution is 2.33. The van der Waals surface area contributed by atoms with Gasteiger partial charge in [0, 0.05) is 0 Å². The Labute approximate surface area is 75.3 Å². The van der Waals surface area contributed by atoms with E-state index in [0.29, 0.717) is 0 Å². The highest BCUT2D eigenvalue weighted by Gasteiger charge is 2.00. The second-order valence-electron chi connectivity index (χ2n) is 1.78. The van der Waals surface area contributed by atoms with Crippen molar-refractivity contribution in [1.82, 2.24) is 30.8 Å². The number of nitrogens with zero attached hydrogens (tertiary/aromatic N) is 4. The quantitative estimate of drug-likeness (QED) is 0.710. The Morgan fingerprint density at radius 3 is 1.75 bits per heavy atom. The molecule has 2 aromatic heterocycles. The molecule has 0 amide bonds. The largest absolute Gasteiger partial charge is 0.197 e. The molecule has 0 bridgehead atoms. The summed E-state index contributed by atoms with van der Waals surface area (Å²) in [4.78, 5) is 0. The lowest BCUT2D eigenvalue weighted by molar-refractivity contribution is 0.911. The van der Waals surface area contributed by atoms with Crippen molar-refractivity contribution in [3.8, 4) is 0 Å². The van der Waals surface area contributed by atoms with Crippen LogP contribution < -0.4 is 0 Å². The predicted molar refractivity (Wildman–Crippen MR) is 44.5 cm³/mol. The van der Waals surface area contributed by atoms with E-state index in [9.17, 15) is 0 Å². The van der Waals surface area contributed by atoms with Crippen molar-refractivity contribution in [3.05, 3.63) is 12.4 Å². The maximum absolute atomic E-state index is 3.86. The van der Waals surface area contributed by atoms with E-state index >= 15 is 0 Å². The van der Waals surface area contributed by atoms with Gasteiger partial charge in [-0.1, -0.05) is 0 Å². The number of nitrogens with one attached hydrogen (secondary N) is 2. The minimum absolute atomic E-state index is 0.822. The molecule has 0 fully saturated rings. The molecule has 62 valence electrons. The Morgan fingerprint density at radius 2 is 1.42 bits per heavy atom. The van der Waals surface area contributed by atoms with Crippen molar-refractivity contribution in [3.63, 3.8) is 0 Å². The van der Waals surface area contributed by atoms with Gasteiger partial charge in [-0.05, 0) is 21.6 Å². The molecular formula is C4H4N6S2. The molecule has 2 rings (SSSR count). The number of hydrogen-bond acceptors (Lipinski definition) is 6. The Morgan fingerprint density at radius 1 is 0.917 bits per heavy atom. The molecule has 2 aromatic rings. The third kappa shape index (κ3) is 1.77. The van der Waals surface area contributed by atoms with E-state index in [1.807, 2.05) is 0 Å². The van der Waals surface area contributed by atoms with Crippen molar-refractivity contribution >= 4 is 21.6 Å². The number of aromatic nitrogens is 6. The van der Waals surface area contributed by atoms with Crippen LogP contribution in [-0.2, 0) is 0 Å². The summed E-state index contributed by atoms with van der Waals surface area (Å²) in [6.45, 7) is 0. The fourth-order valence-electron chi connectivity index (χ4n) is 0.548.